The van der Waals surface area contributed by atoms with Gasteiger partial charge < -0.3 is 9.47 Å². The Kier molecular flexibility index (Phi) is 4.75. The minimum atomic E-state index is -3.48. The van der Waals surface area contributed by atoms with Crippen molar-refractivity contribution in [2.45, 2.75) is 26.0 Å². The number of fused-ring (bicyclic) bond motifs is 1. The fourth-order valence-electron chi connectivity index (χ4n) is 2.02. The molecule has 0 bridgehead atoms. The Bertz CT molecular complexity index is 588. The summed E-state index contributed by atoms with van der Waals surface area (Å²) in [4.78, 5) is 0. The maximum atomic E-state index is 12.3. The molecule has 1 aliphatic rings. The maximum Gasteiger partial charge on any atom is 0.281 e. The Balaban J connectivity index is 2.03. The number of hydrogen-bond donors (Lipinski definition) is 0. The van der Waals surface area contributed by atoms with E-state index in [0.29, 0.717) is 18.1 Å². The number of nitrogens with zero attached hydrogens (tertiary/aromatic N) is 2. The van der Waals surface area contributed by atoms with E-state index in [9.17, 15) is 8.42 Å². The molecule has 0 N–H and O–H groups in total. The van der Waals surface area contributed by atoms with Gasteiger partial charge in [-0.3, -0.25) is 0 Å². The van der Waals surface area contributed by atoms with Gasteiger partial charge in [0, 0.05) is 20.1 Å². The van der Waals surface area contributed by atoms with Crippen molar-refractivity contribution in [3.63, 3.8) is 0 Å². The van der Waals surface area contributed by atoms with Crippen molar-refractivity contribution in [1.29, 1.82) is 0 Å². The van der Waals surface area contributed by atoms with Crippen molar-refractivity contribution < 1.29 is 17.9 Å². The van der Waals surface area contributed by atoms with E-state index in [0.717, 1.165) is 0 Å². The van der Waals surface area contributed by atoms with Gasteiger partial charge in [-0.25, -0.2) is 0 Å². The van der Waals surface area contributed by atoms with Crippen LogP contribution in [0.4, 0.5) is 0 Å². The minimum Gasteiger partial charge on any atom is -0.486 e. The van der Waals surface area contributed by atoms with Crippen molar-refractivity contribution in [1.82, 2.24) is 8.61 Å². The molecule has 118 valence electrons. The molecule has 2 rings (SSSR count). The van der Waals surface area contributed by atoms with E-state index >= 15 is 0 Å². The summed E-state index contributed by atoms with van der Waals surface area (Å²) in [7, 11) is -0.357. The van der Waals surface area contributed by atoms with Gasteiger partial charge in [0.25, 0.3) is 10.2 Å². The first kappa shape index (κ1) is 16.1. The minimum absolute atomic E-state index is 0.0956. The summed E-state index contributed by atoms with van der Waals surface area (Å²) >= 11 is 0. The van der Waals surface area contributed by atoms with Crippen molar-refractivity contribution in [3.8, 4) is 11.5 Å². The molecule has 0 saturated heterocycles. The van der Waals surface area contributed by atoms with Gasteiger partial charge in [-0.05, 0) is 26.0 Å². The predicted molar refractivity (Wildman–Crippen MR) is 80.8 cm³/mol. The second kappa shape index (κ2) is 6.21. The Morgan fingerprint density at radius 3 is 2.48 bits per heavy atom. The van der Waals surface area contributed by atoms with Crippen molar-refractivity contribution in [2.75, 3.05) is 27.2 Å². The van der Waals surface area contributed by atoms with Crippen LogP contribution in [0.25, 0.3) is 0 Å². The normalized spacial score (nSPS) is 18.5. The quantitative estimate of drug-likeness (QED) is 0.823. The van der Waals surface area contributed by atoms with Crippen LogP contribution in [0.2, 0.25) is 0 Å². The lowest BCUT2D eigenvalue weighted by Crippen LogP contribution is -2.48. The zero-order chi connectivity index (χ0) is 15.6. The van der Waals surface area contributed by atoms with Gasteiger partial charge >= 0.3 is 0 Å². The molecule has 0 unspecified atom stereocenters. The van der Waals surface area contributed by atoms with Gasteiger partial charge in [-0.2, -0.15) is 17.0 Å². The van der Waals surface area contributed by atoms with Crippen LogP contribution >= 0.6 is 0 Å². The smallest absolute Gasteiger partial charge is 0.281 e. The van der Waals surface area contributed by atoms with Crippen LogP contribution < -0.4 is 9.47 Å². The summed E-state index contributed by atoms with van der Waals surface area (Å²) in [5, 5.41) is 0. The zero-order valence-electron chi connectivity index (χ0n) is 12.8. The molecule has 0 aromatic heterocycles. The Hall–Kier alpha value is -1.31. The highest BCUT2D eigenvalue weighted by Gasteiger charge is 2.30. The van der Waals surface area contributed by atoms with E-state index in [2.05, 4.69) is 0 Å². The van der Waals surface area contributed by atoms with Gasteiger partial charge in [0.1, 0.15) is 12.7 Å². The number of hydrogen-bond acceptors (Lipinski definition) is 4. The predicted octanol–water partition coefficient (Wildman–Crippen LogP) is 1.34. The van der Waals surface area contributed by atoms with Crippen LogP contribution in [-0.2, 0) is 10.2 Å². The first-order chi connectivity index (χ1) is 9.82. The summed E-state index contributed by atoms with van der Waals surface area (Å²) in [5.74, 6) is 1.34. The summed E-state index contributed by atoms with van der Waals surface area (Å²) in [6.07, 6.45) is -0.319. The van der Waals surface area contributed by atoms with Crippen LogP contribution in [0.1, 0.15) is 13.8 Å². The van der Waals surface area contributed by atoms with Crippen LogP contribution in [0.15, 0.2) is 24.3 Å². The molecule has 0 spiro atoms. The van der Waals surface area contributed by atoms with E-state index in [4.69, 9.17) is 9.47 Å². The summed E-state index contributed by atoms with van der Waals surface area (Å²) < 4.78 is 38.7. The van der Waals surface area contributed by atoms with E-state index < -0.39 is 10.2 Å². The van der Waals surface area contributed by atoms with Gasteiger partial charge in [-0.1, -0.05) is 12.1 Å². The fourth-order valence-corrected chi connectivity index (χ4v) is 3.35. The average Bonchev–Trinajstić information content (AvgIpc) is 2.46. The molecule has 1 aromatic carbocycles. The first-order valence-electron chi connectivity index (χ1n) is 6.90. The van der Waals surface area contributed by atoms with Crippen molar-refractivity contribution in [3.05, 3.63) is 24.3 Å². The second-order valence-corrected chi connectivity index (χ2v) is 7.49. The zero-order valence-corrected chi connectivity index (χ0v) is 13.6. The number of benzene rings is 1. The molecule has 0 radical (unpaired) electrons. The lowest BCUT2D eigenvalue weighted by atomic mass is 10.2. The molecule has 1 aliphatic heterocycles. The molecule has 1 heterocycles. The Morgan fingerprint density at radius 2 is 1.86 bits per heavy atom. The highest BCUT2D eigenvalue weighted by atomic mass is 32.2. The lowest BCUT2D eigenvalue weighted by Gasteiger charge is -2.32. The van der Waals surface area contributed by atoms with E-state index in [1.807, 2.05) is 38.1 Å². The Labute approximate surface area is 126 Å². The second-order valence-electron chi connectivity index (χ2n) is 5.40. The largest absolute Gasteiger partial charge is 0.486 e. The summed E-state index contributed by atoms with van der Waals surface area (Å²) in [6.45, 7) is 4.25. The Morgan fingerprint density at radius 1 is 1.24 bits per heavy atom. The van der Waals surface area contributed by atoms with Crippen LogP contribution in [-0.4, -0.2) is 56.4 Å². The number of rotatable bonds is 5. The number of likely N-dealkylation sites (N-methyl/N-ethyl adjacent to an activating group) is 1. The first-order valence-corrected chi connectivity index (χ1v) is 8.30. The topological polar surface area (TPSA) is 59.1 Å². The summed E-state index contributed by atoms with van der Waals surface area (Å²) in [6, 6.07) is 7.28. The SMILES string of the molecule is CC(C)N(C)S(=O)(=O)N(C)C[C@H]1COc2ccccc2O1. The molecule has 0 amide bonds. The van der Waals surface area contributed by atoms with Gasteiger partial charge in [0.2, 0.25) is 0 Å². The molecule has 21 heavy (non-hydrogen) atoms. The van der Waals surface area contributed by atoms with Gasteiger partial charge in [0.15, 0.2) is 11.5 Å². The summed E-state index contributed by atoms with van der Waals surface area (Å²) in [5.41, 5.74) is 0. The molecule has 0 fully saturated rings. The third-order valence-corrected chi connectivity index (χ3v) is 5.60. The van der Waals surface area contributed by atoms with E-state index in [-0.39, 0.29) is 18.7 Å². The van der Waals surface area contributed by atoms with Crippen LogP contribution in [0.5, 0.6) is 11.5 Å². The average molecular weight is 314 g/mol. The van der Waals surface area contributed by atoms with Crippen LogP contribution in [0, 0.1) is 0 Å². The van der Waals surface area contributed by atoms with Gasteiger partial charge in [-0.15, -0.1) is 0 Å². The molecule has 7 heteroatoms. The van der Waals surface area contributed by atoms with E-state index in [1.165, 1.54) is 8.61 Å². The highest BCUT2D eigenvalue weighted by Crippen LogP contribution is 2.31. The van der Waals surface area contributed by atoms with Crippen molar-refractivity contribution >= 4 is 10.2 Å². The fraction of sp³-hybridized carbons (Fsp3) is 0.571. The molecular weight excluding hydrogens is 292 g/mol. The van der Waals surface area contributed by atoms with E-state index in [1.54, 1.807) is 14.1 Å². The number of ether oxygens (including phenoxy) is 2. The third-order valence-electron chi connectivity index (χ3n) is 3.51. The molecular formula is C14H22N2O4S. The molecule has 0 aliphatic carbocycles. The van der Waals surface area contributed by atoms with Gasteiger partial charge in [0.05, 0.1) is 6.54 Å². The standard InChI is InChI=1S/C14H22N2O4S/c1-11(2)16(4)21(17,18)15(3)9-12-10-19-13-7-5-6-8-14(13)20-12/h5-8,11-12H,9-10H2,1-4H3/t12-/m0/s1. The van der Waals surface area contributed by atoms with Crippen LogP contribution in [0.3, 0.4) is 0 Å². The molecule has 1 aromatic rings. The molecule has 1 atom stereocenters. The molecule has 6 nitrogen and oxygen atoms in total. The van der Waals surface area contributed by atoms with Crippen molar-refractivity contribution in [2.24, 2.45) is 0 Å². The third kappa shape index (κ3) is 3.48. The number of para-hydroxylation sites is 2. The maximum absolute atomic E-state index is 12.3. The highest BCUT2D eigenvalue weighted by molar-refractivity contribution is 7.86. The lowest BCUT2D eigenvalue weighted by molar-refractivity contribution is 0.0787. The molecule has 0 saturated carbocycles. The monoisotopic (exact) mass is 314 g/mol.